The Labute approximate surface area is 278 Å². The van der Waals surface area contributed by atoms with E-state index < -0.39 is 47.5 Å². The summed E-state index contributed by atoms with van der Waals surface area (Å²) in [4.78, 5) is 57.3. The van der Waals surface area contributed by atoms with Gasteiger partial charge in [-0.1, -0.05) is 25.0 Å². The number of methoxy groups -OCH3 is 1. The fourth-order valence-electron chi connectivity index (χ4n) is 7.00. The van der Waals surface area contributed by atoms with E-state index in [4.69, 9.17) is 9.47 Å². The third kappa shape index (κ3) is 7.12. The third-order valence-corrected chi connectivity index (χ3v) is 9.80. The van der Waals surface area contributed by atoms with Crippen LogP contribution in [-0.4, -0.2) is 86.3 Å². The molecule has 3 N–H and O–H groups in total. The summed E-state index contributed by atoms with van der Waals surface area (Å²) < 4.78 is 10.9. The predicted molar refractivity (Wildman–Crippen MR) is 170 cm³/mol. The summed E-state index contributed by atoms with van der Waals surface area (Å²) in [5.74, 6) is -0.793. The molecule has 0 spiro atoms. The molecule has 4 amide bonds. The van der Waals surface area contributed by atoms with Crippen molar-refractivity contribution < 1.29 is 28.7 Å². The van der Waals surface area contributed by atoms with Gasteiger partial charge in [-0.05, 0) is 80.8 Å². The molecule has 48 heavy (non-hydrogen) atoms. The van der Waals surface area contributed by atoms with Crippen LogP contribution in [0.15, 0.2) is 36.4 Å². The molecule has 5 atom stereocenters. The van der Waals surface area contributed by atoms with Crippen molar-refractivity contribution in [3.05, 3.63) is 36.4 Å². The highest BCUT2D eigenvalue weighted by molar-refractivity contribution is 5.98. The number of ether oxygens (including phenoxy) is 2. The number of rotatable bonds is 6. The molecular weight excluding hydrogens is 618 g/mol. The molecule has 6 rings (SSSR count). The lowest BCUT2D eigenvalue weighted by Gasteiger charge is -2.30. The van der Waals surface area contributed by atoms with Crippen molar-refractivity contribution in [1.82, 2.24) is 41.1 Å². The van der Waals surface area contributed by atoms with Gasteiger partial charge in [-0.25, -0.2) is 4.79 Å². The number of nitriles is 1. The van der Waals surface area contributed by atoms with Crippen molar-refractivity contribution >= 4 is 23.8 Å². The van der Waals surface area contributed by atoms with Crippen LogP contribution in [0.5, 0.6) is 5.75 Å². The van der Waals surface area contributed by atoms with Crippen LogP contribution in [0.4, 0.5) is 4.79 Å². The van der Waals surface area contributed by atoms with Crippen LogP contribution in [-0.2, 0) is 19.1 Å². The minimum Gasteiger partial charge on any atom is -0.497 e. The number of carbonyl (C=O) groups excluding carboxylic acids is 4. The second-order valence-corrected chi connectivity index (χ2v) is 13.0. The number of allylic oxidation sites excluding steroid dienone is 1. The quantitative estimate of drug-likeness (QED) is 0.236. The lowest BCUT2D eigenvalue weighted by Crippen LogP contribution is -2.57. The average molecular weight is 660 g/mol. The van der Waals surface area contributed by atoms with E-state index in [1.54, 1.807) is 25.4 Å². The second-order valence-electron chi connectivity index (χ2n) is 13.0. The maximum absolute atomic E-state index is 14.3. The minimum absolute atomic E-state index is 0.0753. The van der Waals surface area contributed by atoms with Gasteiger partial charge in [-0.2, -0.15) is 10.1 Å². The molecular formula is C33H41N9O6. The van der Waals surface area contributed by atoms with E-state index >= 15 is 0 Å². The van der Waals surface area contributed by atoms with Crippen molar-refractivity contribution in [2.24, 2.45) is 5.92 Å². The molecule has 1 aromatic heterocycles. The van der Waals surface area contributed by atoms with Crippen LogP contribution in [0, 0.1) is 17.4 Å². The monoisotopic (exact) mass is 659 g/mol. The van der Waals surface area contributed by atoms with Crippen molar-refractivity contribution in [3.63, 3.8) is 0 Å². The van der Waals surface area contributed by atoms with Crippen LogP contribution in [0.3, 0.4) is 0 Å². The van der Waals surface area contributed by atoms with Gasteiger partial charge in [0.1, 0.15) is 29.5 Å². The number of fused-ring (bicyclic) bond motifs is 2. The van der Waals surface area contributed by atoms with E-state index in [2.05, 4.69) is 31.4 Å². The molecule has 15 nitrogen and oxygen atoms in total. The molecule has 2 aliphatic heterocycles. The number of benzene rings is 1. The molecule has 2 aromatic rings. The zero-order valence-corrected chi connectivity index (χ0v) is 27.0. The number of alkyl carbamates (subject to hydrolysis) is 1. The lowest BCUT2D eigenvalue weighted by atomic mass is 10.0. The van der Waals surface area contributed by atoms with Crippen molar-refractivity contribution in [1.29, 1.82) is 5.26 Å². The van der Waals surface area contributed by atoms with Crippen LogP contribution in [0.2, 0.25) is 0 Å². The number of hydrogen-bond acceptors (Lipinski definition) is 10. The first-order valence-corrected chi connectivity index (χ1v) is 16.7. The molecule has 1 unspecified atom stereocenters. The Hall–Kier alpha value is -5.00. The van der Waals surface area contributed by atoms with Gasteiger partial charge in [0.15, 0.2) is 6.19 Å². The highest BCUT2D eigenvalue weighted by Gasteiger charge is 2.61. The molecule has 1 saturated heterocycles. The largest absolute Gasteiger partial charge is 0.497 e. The van der Waals surface area contributed by atoms with E-state index in [1.165, 1.54) is 9.70 Å². The van der Waals surface area contributed by atoms with Crippen LogP contribution < -0.4 is 20.7 Å². The standard InChI is InChI=1S/C33H41N9O6/c1-47-24-15-13-21(14-16-24)28-38-40-42(39-28)23-17-27-29(43)37-33(31(45)35-20-34)18-22(33)9-5-3-2-4-6-12-26(30(44)41(27)19-23)36-32(46)48-25-10-7-8-11-25/h5,9,13-16,22-23,25-27H,2-4,6-8,10-12,17-19H2,1H3,(H,35,45)(H,36,46)(H,37,43)/b9-5+/t22?,23-,26-,27+,33-/m1/s1. The van der Waals surface area contributed by atoms with Gasteiger partial charge < -0.3 is 25.0 Å². The van der Waals surface area contributed by atoms with E-state index in [0.717, 1.165) is 44.9 Å². The van der Waals surface area contributed by atoms with E-state index in [9.17, 15) is 24.4 Å². The summed E-state index contributed by atoms with van der Waals surface area (Å²) in [6, 6.07) is 4.75. The predicted octanol–water partition coefficient (Wildman–Crippen LogP) is 2.52. The number of nitrogens with zero attached hydrogens (tertiary/aromatic N) is 6. The summed E-state index contributed by atoms with van der Waals surface area (Å²) in [7, 11) is 1.58. The van der Waals surface area contributed by atoms with Gasteiger partial charge in [0.25, 0.3) is 5.91 Å². The minimum atomic E-state index is -1.30. The van der Waals surface area contributed by atoms with Crippen molar-refractivity contribution in [3.8, 4) is 23.3 Å². The van der Waals surface area contributed by atoms with Gasteiger partial charge in [-0.15, -0.1) is 10.2 Å². The molecule has 2 saturated carbocycles. The Balaban J connectivity index is 1.28. The van der Waals surface area contributed by atoms with E-state index in [0.29, 0.717) is 36.4 Å². The number of nitrogens with one attached hydrogen (secondary N) is 3. The molecule has 254 valence electrons. The smallest absolute Gasteiger partial charge is 0.408 e. The maximum Gasteiger partial charge on any atom is 0.408 e. The number of hydrogen-bond donors (Lipinski definition) is 3. The van der Waals surface area contributed by atoms with Gasteiger partial charge in [0.05, 0.1) is 13.2 Å². The number of aromatic nitrogens is 4. The first-order valence-electron chi connectivity index (χ1n) is 16.7. The molecule has 1 aromatic carbocycles. The maximum atomic E-state index is 14.3. The van der Waals surface area contributed by atoms with Gasteiger partial charge in [-0.3, -0.25) is 19.7 Å². The highest BCUT2D eigenvalue weighted by Crippen LogP contribution is 2.45. The van der Waals surface area contributed by atoms with Crippen LogP contribution in [0.1, 0.15) is 76.7 Å². The van der Waals surface area contributed by atoms with Gasteiger partial charge in [0, 0.05) is 24.4 Å². The molecule has 0 radical (unpaired) electrons. The first kappa shape index (κ1) is 32.9. The second kappa shape index (κ2) is 14.4. The zero-order chi connectivity index (χ0) is 33.7. The van der Waals surface area contributed by atoms with Gasteiger partial charge in [0.2, 0.25) is 17.6 Å². The van der Waals surface area contributed by atoms with E-state index in [-0.39, 0.29) is 25.0 Å². The van der Waals surface area contributed by atoms with Gasteiger partial charge >= 0.3 is 6.09 Å². The molecule has 15 heteroatoms. The zero-order valence-electron chi connectivity index (χ0n) is 27.0. The number of amides is 4. The first-order chi connectivity index (χ1) is 23.3. The van der Waals surface area contributed by atoms with Crippen molar-refractivity contribution in [2.75, 3.05) is 13.7 Å². The summed E-state index contributed by atoms with van der Waals surface area (Å²) in [5.41, 5.74) is -0.585. The number of carbonyl (C=O) groups is 4. The fourth-order valence-corrected chi connectivity index (χ4v) is 7.00. The highest BCUT2D eigenvalue weighted by atomic mass is 16.6. The van der Waals surface area contributed by atoms with E-state index in [1.807, 2.05) is 24.3 Å². The Kier molecular flexibility index (Phi) is 9.88. The Morgan fingerprint density at radius 2 is 1.85 bits per heavy atom. The molecule has 0 bridgehead atoms. The van der Waals surface area contributed by atoms with Crippen molar-refractivity contribution in [2.45, 2.75) is 100 Å². The molecule has 2 aliphatic carbocycles. The molecule has 3 heterocycles. The van der Waals surface area contributed by atoms with Crippen LogP contribution >= 0.6 is 0 Å². The molecule has 3 fully saturated rings. The normalized spacial score (nSPS) is 28.5. The van der Waals surface area contributed by atoms with Crippen LogP contribution in [0.25, 0.3) is 11.4 Å². The summed E-state index contributed by atoms with van der Waals surface area (Å²) in [6.07, 6.45) is 12.3. The summed E-state index contributed by atoms with van der Waals surface area (Å²) in [6.45, 7) is 0.0753. The lowest BCUT2D eigenvalue weighted by molar-refractivity contribution is -0.141. The average Bonchev–Trinajstić information content (AvgIpc) is 3.56. The summed E-state index contributed by atoms with van der Waals surface area (Å²) >= 11 is 0. The summed E-state index contributed by atoms with van der Waals surface area (Å²) in [5, 5.41) is 30.1. The topological polar surface area (TPSA) is 193 Å². The Bertz CT molecular complexity index is 1580. The Morgan fingerprint density at radius 3 is 2.60 bits per heavy atom. The third-order valence-electron chi connectivity index (χ3n) is 9.80. The number of tetrazole rings is 1. The fraction of sp³-hybridized carbons (Fsp3) is 0.576. The molecule has 4 aliphatic rings. The SMILES string of the molecule is COc1ccc(-c2nnn([C@@H]3C[C@H]4C(=O)N[C@]5(C(=O)NC#N)CC5/C=C/CCCCC[C@@H](NC(=O)OC5CCCC5)C(=O)N4C3)n2)cc1. The Morgan fingerprint density at radius 1 is 1.08 bits per heavy atom.